The molecular weight excluding hydrogens is 442 g/mol. The molecule has 9 nitrogen and oxygen atoms in total. The van der Waals surface area contributed by atoms with E-state index >= 15 is 0 Å². The number of likely N-dealkylation sites (tertiary alicyclic amines) is 2. The van der Waals surface area contributed by atoms with Crippen LogP contribution >= 0.6 is 11.8 Å². The predicted octanol–water partition coefficient (Wildman–Crippen LogP) is 1.76. The van der Waals surface area contributed by atoms with Crippen molar-refractivity contribution in [3.8, 4) is 0 Å². The smallest absolute Gasteiger partial charge is 0.326 e. The standard InChI is InChI=1S/C23H37N5O4S/c1-3-16-8-11-27(21(16)22(30)26-19(23(31)32)9-12-33-2)14-18-5-4-10-28(18)20(29)7-6-17-13-24-15-25-17/h13,15-16,18-19,21H,3-12,14H2,1-2H3,(H,24,25)(H,26,30)(H,31,32)/t16-,18-,19-,21-/m0/s1. The summed E-state index contributed by atoms with van der Waals surface area (Å²) >= 11 is 1.57. The van der Waals surface area contributed by atoms with Crippen LogP contribution in [0.2, 0.25) is 0 Å². The van der Waals surface area contributed by atoms with Gasteiger partial charge in [-0.05, 0) is 56.6 Å². The zero-order chi connectivity index (χ0) is 23.8. The fraction of sp³-hybridized carbons (Fsp3) is 0.739. The van der Waals surface area contributed by atoms with Crippen molar-refractivity contribution in [2.24, 2.45) is 5.92 Å². The summed E-state index contributed by atoms with van der Waals surface area (Å²) in [5.74, 6) is -0.164. The highest BCUT2D eigenvalue weighted by Gasteiger charge is 2.41. The number of carboxylic acid groups (broad SMARTS) is 1. The number of H-pyrrole nitrogens is 1. The Hall–Kier alpha value is -2.07. The van der Waals surface area contributed by atoms with Gasteiger partial charge in [0.2, 0.25) is 11.8 Å². The first kappa shape index (κ1) is 25.6. The summed E-state index contributed by atoms with van der Waals surface area (Å²) in [6, 6.07) is -1.11. The van der Waals surface area contributed by atoms with Crippen LogP contribution in [0.25, 0.3) is 0 Å². The van der Waals surface area contributed by atoms with Gasteiger partial charge >= 0.3 is 5.97 Å². The number of nitrogens with zero attached hydrogens (tertiary/aromatic N) is 3. The van der Waals surface area contributed by atoms with E-state index in [1.54, 1.807) is 18.1 Å². The molecule has 2 saturated heterocycles. The van der Waals surface area contributed by atoms with Crippen molar-refractivity contribution < 1.29 is 19.5 Å². The lowest BCUT2D eigenvalue weighted by atomic mass is 9.96. The topological polar surface area (TPSA) is 119 Å². The number of rotatable bonds is 12. The first-order valence-corrected chi connectivity index (χ1v) is 13.4. The highest BCUT2D eigenvalue weighted by Crippen LogP contribution is 2.30. The number of aromatic amines is 1. The van der Waals surface area contributed by atoms with Crippen molar-refractivity contribution in [1.82, 2.24) is 25.1 Å². The molecule has 0 aliphatic carbocycles. The van der Waals surface area contributed by atoms with E-state index in [0.29, 0.717) is 31.6 Å². The molecule has 0 unspecified atom stereocenters. The van der Waals surface area contributed by atoms with E-state index in [9.17, 15) is 19.5 Å². The van der Waals surface area contributed by atoms with Gasteiger partial charge in [-0.2, -0.15) is 11.8 Å². The number of carboxylic acids is 1. The van der Waals surface area contributed by atoms with Crippen molar-refractivity contribution in [3.63, 3.8) is 0 Å². The summed E-state index contributed by atoms with van der Waals surface area (Å²) in [5.41, 5.74) is 0.885. The maximum absolute atomic E-state index is 13.2. The maximum atomic E-state index is 13.2. The minimum Gasteiger partial charge on any atom is -0.480 e. The molecule has 33 heavy (non-hydrogen) atoms. The Bertz CT molecular complexity index is 790. The van der Waals surface area contributed by atoms with E-state index in [1.807, 2.05) is 17.4 Å². The van der Waals surface area contributed by atoms with Crippen LogP contribution in [0.5, 0.6) is 0 Å². The Morgan fingerprint density at radius 3 is 2.82 bits per heavy atom. The molecule has 2 aliphatic heterocycles. The molecule has 0 radical (unpaired) electrons. The fourth-order valence-electron chi connectivity index (χ4n) is 5.12. The Balaban J connectivity index is 1.62. The third-order valence-electron chi connectivity index (χ3n) is 6.94. The van der Waals surface area contributed by atoms with E-state index in [0.717, 1.165) is 44.5 Å². The van der Waals surface area contributed by atoms with Crippen LogP contribution < -0.4 is 5.32 Å². The van der Waals surface area contributed by atoms with Crippen LogP contribution in [-0.4, -0.2) is 92.4 Å². The largest absolute Gasteiger partial charge is 0.480 e. The summed E-state index contributed by atoms with van der Waals surface area (Å²) < 4.78 is 0. The van der Waals surface area contributed by atoms with Gasteiger partial charge in [-0.25, -0.2) is 9.78 Å². The predicted molar refractivity (Wildman–Crippen MR) is 128 cm³/mol. The van der Waals surface area contributed by atoms with Crippen molar-refractivity contribution in [1.29, 1.82) is 0 Å². The minimum atomic E-state index is -0.987. The van der Waals surface area contributed by atoms with Crippen LogP contribution in [0.15, 0.2) is 12.5 Å². The Morgan fingerprint density at radius 1 is 1.33 bits per heavy atom. The molecular formula is C23H37N5O4S. The molecule has 3 N–H and O–H groups in total. The molecule has 0 bridgehead atoms. The highest BCUT2D eigenvalue weighted by molar-refractivity contribution is 7.98. The number of carbonyl (C=O) groups excluding carboxylic acids is 2. The van der Waals surface area contributed by atoms with Crippen molar-refractivity contribution >= 4 is 29.5 Å². The Labute approximate surface area is 200 Å². The molecule has 1 aromatic rings. The number of nitrogens with one attached hydrogen (secondary N) is 2. The maximum Gasteiger partial charge on any atom is 0.326 e. The summed E-state index contributed by atoms with van der Waals surface area (Å²) in [5, 5.41) is 12.3. The zero-order valence-corrected chi connectivity index (χ0v) is 20.5. The van der Waals surface area contributed by atoms with Crippen molar-refractivity contribution in [2.75, 3.05) is 31.6 Å². The number of imidazole rings is 1. The SMILES string of the molecule is CC[C@H]1CCN(C[C@@H]2CCCN2C(=O)CCc2c[nH]cn2)[C@@H]1C(=O)N[C@@H](CCSC)C(=O)O. The number of hydrogen-bond donors (Lipinski definition) is 3. The summed E-state index contributed by atoms with van der Waals surface area (Å²) in [6.07, 6.45) is 10.5. The van der Waals surface area contributed by atoms with Crippen LogP contribution in [0, 0.1) is 5.92 Å². The molecule has 10 heteroatoms. The first-order valence-electron chi connectivity index (χ1n) is 12.0. The number of aliphatic carboxylic acids is 1. The minimum absolute atomic E-state index is 0.0920. The number of hydrogen-bond acceptors (Lipinski definition) is 6. The lowest BCUT2D eigenvalue weighted by molar-refractivity contribution is -0.143. The van der Waals surface area contributed by atoms with Crippen LogP contribution in [0.1, 0.15) is 51.1 Å². The lowest BCUT2D eigenvalue weighted by Crippen LogP contribution is -2.54. The number of carbonyl (C=O) groups is 3. The second kappa shape index (κ2) is 12.4. The molecule has 184 valence electrons. The van der Waals surface area contributed by atoms with Gasteiger partial charge in [-0.1, -0.05) is 13.3 Å². The number of thioether (sulfide) groups is 1. The second-order valence-electron chi connectivity index (χ2n) is 9.02. The third kappa shape index (κ3) is 6.72. The van der Waals surface area contributed by atoms with E-state index < -0.39 is 12.0 Å². The number of aryl methyl sites for hydroxylation is 1. The van der Waals surface area contributed by atoms with Crippen molar-refractivity contribution in [3.05, 3.63) is 18.2 Å². The third-order valence-corrected chi connectivity index (χ3v) is 7.58. The van der Waals surface area contributed by atoms with Gasteiger partial charge in [0.05, 0.1) is 18.1 Å². The molecule has 0 aromatic carbocycles. The van der Waals surface area contributed by atoms with E-state index in [-0.39, 0.29) is 29.8 Å². The van der Waals surface area contributed by atoms with E-state index in [2.05, 4.69) is 27.1 Å². The molecule has 1 aromatic heterocycles. The van der Waals surface area contributed by atoms with Gasteiger partial charge < -0.3 is 20.3 Å². The molecule has 2 amide bonds. The Kier molecular flexibility index (Phi) is 9.61. The quantitative estimate of drug-likeness (QED) is 0.418. The molecule has 3 heterocycles. The summed E-state index contributed by atoms with van der Waals surface area (Å²) in [6.45, 7) is 4.29. The Morgan fingerprint density at radius 2 is 2.15 bits per heavy atom. The fourth-order valence-corrected chi connectivity index (χ4v) is 5.59. The normalized spacial score (nSPS) is 24.2. The molecule has 4 atom stereocenters. The van der Waals surface area contributed by atoms with Gasteiger partial charge in [0.15, 0.2) is 0 Å². The van der Waals surface area contributed by atoms with E-state index in [1.165, 1.54) is 0 Å². The average Bonchev–Trinajstić information content (AvgIpc) is 3.55. The molecule has 2 fully saturated rings. The van der Waals surface area contributed by atoms with Gasteiger partial charge in [0.1, 0.15) is 6.04 Å². The van der Waals surface area contributed by atoms with Crippen LogP contribution in [0.3, 0.4) is 0 Å². The average molecular weight is 480 g/mol. The second-order valence-corrected chi connectivity index (χ2v) is 10.0. The van der Waals surface area contributed by atoms with Crippen LogP contribution in [-0.2, 0) is 20.8 Å². The van der Waals surface area contributed by atoms with Crippen LogP contribution in [0.4, 0.5) is 0 Å². The zero-order valence-electron chi connectivity index (χ0n) is 19.7. The summed E-state index contributed by atoms with van der Waals surface area (Å²) in [7, 11) is 0. The van der Waals surface area contributed by atoms with Gasteiger partial charge in [-0.15, -0.1) is 0 Å². The highest BCUT2D eigenvalue weighted by atomic mass is 32.2. The van der Waals surface area contributed by atoms with Gasteiger partial charge in [-0.3, -0.25) is 14.5 Å². The lowest BCUT2D eigenvalue weighted by Gasteiger charge is -2.33. The number of amides is 2. The van der Waals surface area contributed by atoms with Gasteiger partial charge in [0.25, 0.3) is 0 Å². The molecule has 0 saturated carbocycles. The van der Waals surface area contributed by atoms with Gasteiger partial charge in [0, 0.05) is 31.7 Å². The monoisotopic (exact) mass is 479 g/mol. The van der Waals surface area contributed by atoms with Crippen molar-refractivity contribution in [2.45, 2.75) is 70.0 Å². The first-order chi connectivity index (χ1) is 15.9. The van der Waals surface area contributed by atoms with E-state index in [4.69, 9.17) is 0 Å². The molecule has 0 spiro atoms. The molecule has 2 aliphatic rings. The molecule has 3 rings (SSSR count). The number of aromatic nitrogens is 2. The summed E-state index contributed by atoms with van der Waals surface area (Å²) in [4.78, 5) is 49.0.